The van der Waals surface area contributed by atoms with Crippen molar-refractivity contribution in [3.8, 4) is 0 Å². The fourth-order valence-corrected chi connectivity index (χ4v) is 2.75. The molecule has 0 saturated carbocycles. The van der Waals surface area contributed by atoms with Crippen LogP contribution in [-0.2, 0) is 27.9 Å². The van der Waals surface area contributed by atoms with Crippen molar-refractivity contribution >= 4 is 28.5 Å². The summed E-state index contributed by atoms with van der Waals surface area (Å²) in [6, 6.07) is 5.56. The molecular weight excluding hydrogens is 296 g/mol. The zero-order valence-corrected chi connectivity index (χ0v) is 13.3. The maximum atomic E-state index is 12.0. The van der Waals surface area contributed by atoms with Crippen LogP contribution in [0.3, 0.4) is 0 Å². The van der Waals surface area contributed by atoms with Crippen LogP contribution in [0.25, 0.3) is 11.0 Å². The number of anilines is 1. The zero-order chi connectivity index (χ0) is 16.4. The highest BCUT2D eigenvalue weighted by molar-refractivity contribution is 5.91. The number of aromatic nitrogens is 2. The van der Waals surface area contributed by atoms with Crippen molar-refractivity contribution in [1.29, 1.82) is 0 Å². The third kappa shape index (κ3) is 3.34. The van der Waals surface area contributed by atoms with Gasteiger partial charge >= 0.3 is 0 Å². The van der Waals surface area contributed by atoms with Crippen molar-refractivity contribution in [1.82, 2.24) is 14.9 Å². The Balaban J connectivity index is 1.74. The summed E-state index contributed by atoms with van der Waals surface area (Å²) in [7, 11) is 1.90. The minimum atomic E-state index is -0.337. The second-order valence-corrected chi connectivity index (χ2v) is 5.69. The minimum absolute atomic E-state index is 0.0894. The third-order valence-electron chi connectivity index (χ3n) is 3.94. The molecule has 1 saturated heterocycles. The van der Waals surface area contributed by atoms with Gasteiger partial charge in [-0.3, -0.25) is 9.59 Å². The van der Waals surface area contributed by atoms with Gasteiger partial charge in [-0.25, -0.2) is 4.98 Å². The number of nitrogens with one attached hydrogen (secondary N) is 2. The summed E-state index contributed by atoms with van der Waals surface area (Å²) in [4.78, 5) is 27.7. The summed E-state index contributed by atoms with van der Waals surface area (Å²) in [5, 5.41) is 5.61. The first-order valence-electron chi connectivity index (χ1n) is 7.67. The maximum Gasteiger partial charge on any atom is 0.249 e. The lowest BCUT2D eigenvalue weighted by Crippen LogP contribution is -2.34. The van der Waals surface area contributed by atoms with Crippen molar-refractivity contribution in [3.05, 3.63) is 24.0 Å². The summed E-state index contributed by atoms with van der Waals surface area (Å²) >= 11 is 0. The second kappa shape index (κ2) is 6.37. The first kappa shape index (κ1) is 15.5. The molecule has 2 N–H and O–H groups in total. The van der Waals surface area contributed by atoms with Gasteiger partial charge in [-0.15, -0.1) is 0 Å². The number of carbonyl (C=O) groups is 2. The van der Waals surface area contributed by atoms with Gasteiger partial charge in [0.15, 0.2) is 0 Å². The number of amides is 2. The topological polar surface area (TPSA) is 85.2 Å². The van der Waals surface area contributed by atoms with Crippen molar-refractivity contribution in [2.45, 2.75) is 32.4 Å². The Morgan fingerprint density at radius 1 is 1.43 bits per heavy atom. The Labute approximate surface area is 134 Å². The number of carbonyl (C=O) groups excluding carboxylic acids is 2. The van der Waals surface area contributed by atoms with Crippen LogP contribution in [0.15, 0.2) is 18.2 Å². The van der Waals surface area contributed by atoms with E-state index in [1.54, 1.807) is 0 Å². The van der Waals surface area contributed by atoms with Crippen LogP contribution in [0.2, 0.25) is 0 Å². The van der Waals surface area contributed by atoms with E-state index in [1.165, 1.54) is 6.92 Å². The SMILES string of the molecule is CC(=O)Nc1ccc2c(c1)nc(CNC(=O)C1CCCO1)n2C. The molecule has 122 valence electrons. The molecule has 0 aliphatic carbocycles. The van der Waals surface area contributed by atoms with Crippen molar-refractivity contribution in [2.24, 2.45) is 7.05 Å². The smallest absolute Gasteiger partial charge is 0.249 e. The molecule has 0 bridgehead atoms. The molecule has 2 heterocycles. The summed E-state index contributed by atoms with van der Waals surface area (Å²) in [5.41, 5.74) is 2.43. The number of hydrogen-bond acceptors (Lipinski definition) is 4. The number of benzene rings is 1. The second-order valence-electron chi connectivity index (χ2n) is 5.69. The van der Waals surface area contributed by atoms with Gasteiger partial charge in [0.05, 0.1) is 17.6 Å². The number of nitrogens with zero attached hydrogens (tertiary/aromatic N) is 2. The van der Waals surface area contributed by atoms with E-state index in [-0.39, 0.29) is 17.9 Å². The average molecular weight is 316 g/mol. The summed E-state index contributed by atoms with van der Waals surface area (Å²) in [6.45, 7) is 2.46. The van der Waals surface area contributed by atoms with E-state index in [4.69, 9.17) is 4.74 Å². The quantitative estimate of drug-likeness (QED) is 0.891. The first-order chi connectivity index (χ1) is 11.0. The largest absolute Gasteiger partial charge is 0.368 e. The molecule has 7 heteroatoms. The van der Waals surface area contributed by atoms with Crippen LogP contribution in [0.5, 0.6) is 0 Å². The molecule has 3 rings (SSSR count). The van der Waals surface area contributed by atoms with Gasteiger partial charge in [0.25, 0.3) is 0 Å². The monoisotopic (exact) mass is 316 g/mol. The van der Waals surface area contributed by atoms with Gasteiger partial charge in [0, 0.05) is 26.3 Å². The summed E-state index contributed by atoms with van der Waals surface area (Å²) in [5.74, 6) is 0.546. The van der Waals surface area contributed by atoms with Crippen LogP contribution < -0.4 is 10.6 Å². The van der Waals surface area contributed by atoms with Gasteiger partial charge in [-0.2, -0.15) is 0 Å². The normalized spacial score (nSPS) is 17.4. The Morgan fingerprint density at radius 3 is 2.96 bits per heavy atom. The van der Waals surface area contributed by atoms with E-state index >= 15 is 0 Å². The molecule has 1 aromatic carbocycles. The standard InChI is InChI=1S/C16H20N4O3/c1-10(21)18-11-5-6-13-12(8-11)19-15(20(13)2)9-17-16(22)14-4-3-7-23-14/h5-6,8,14H,3-4,7,9H2,1-2H3,(H,17,22)(H,18,21). The molecule has 1 fully saturated rings. The number of hydrogen-bond donors (Lipinski definition) is 2. The molecule has 0 radical (unpaired) electrons. The number of imidazole rings is 1. The van der Waals surface area contributed by atoms with E-state index in [0.29, 0.717) is 18.8 Å². The van der Waals surface area contributed by atoms with Crippen molar-refractivity contribution < 1.29 is 14.3 Å². The lowest BCUT2D eigenvalue weighted by atomic mass is 10.2. The van der Waals surface area contributed by atoms with Crippen LogP contribution in [0.4, 0.5) is 5.69 Å². The van der Waals surface area contributed by atoms with Crippen LogP contribution in [0, 0.1) is 0 Å². The molecule has 1 aromatic heterocycles. The fourth-order valence-electron chi connectivity index (χ4n) is 2.75. The lowest BCUT2D eigenvalue weighted by molar-refractivity contribution is -0.130. The highest BCUT2D eigenvalue weighted by Gasteiger charge is 2.23. The molecule has 1 atom stereocenters. The highest BCUT2D eigenvalue weighted by Crippen LogP contribution is 2.20. The molecule has 2 amide bonds. The number of aryl methyl sites for hydroxylation is 1. The molecule has 7 nitrogen and oxygen atoms in total. The van der Waals surface area contributed by atoms with E-state index in [1.807, 2.05) is 29.8 Å². The Hall–Kier alpha value is -2.41. The number of ether oxygens (including phenoxy) is 1. The molecule has 0 spiro atoms. The van der Waals surface area contributed by atoms with Crippen LogP contribution in [0.1, 0.15) is 25.6 Å². The Kier molecular flexibility index (Phi) is 4.29. The average Bonchev–Trinajstić information content (AvgIpc) is 3.13. The third-order valence-corrected chi connectivity index (χ3v) is 3.94. The summed E-state index contributed by atoms with van der Waals surface area (Å²) < 4.78 is 7.30. The van der Waals surface area contributed by atoms with E-state index in [2.05, 4.69) is 15.6 Å². The van der Waals surface area contributed by atoms with E-state index < -0.39 is 0 Å². The van der Waals surface area contributed by atoms with Gasteiger partial charge in [-0.05, 0) is 31.0 Å². The van der Waals surface area contributed by atoms with Gasteiger partial charge in [0.2, 0.25) is 11.8 Å². The molecule has 2 aromatic rings. The van der Waals surface area contributed by atoms with Crippen molar-refractivity contribution in [2.75, 3.05) is 11.9 Å². The fraction of sp³-hybridized carbons (Fsp3) is 0.438. The van der Waals surface area contributed by atoms with E-state index in [0.717, 1.165) is 29.7 Å². The summed E-state index contributed by atoms with van der Waals surface area (Å²) in [6.07, 6.45) is 1.36. The number of rotatable bonds is 4. The zero-order valence-electron chi connectivity index (χ0n) is 13.3. The maximum absolute atomic E-state index is 12.0. The van der Waals surface area contributed by atoms with Gasteiger partial charge in [-0.1, -0.05) is 0 Å². The van der Waals surface area contributed by atoms with Gasteiger partial charge in [0.1, 0.15) is 11.9 Å². The molecule has 23 heavy (non-hydrogen) atoms. The highest BCUT2D eigenvalue weighted by atomic mass is 16.5. The predicted octanol–water partition coefficient (Wildman–Crippen LogP) is 1.33. The molecule has 1 aliphatic heterocycles. The van der Waals surface area contributed by atoms with Gasteiger partial charge < -0.3 is 19.9 Å². The Morgan fingerprint density at radius 2 is 2.26 bits per heavy atom. The predicted molar refractivity (Wildman–Crippen MR) is 85.8 cm³/mol. The molecule has 1 aliphatic rings. The molecular formula is C16H20N4O3. The minimum Gasteiger partial charge on any atom is -0.368 e. The number of fused-ring (bicyclic) bond motifs is 1. The van der Waals surface area contributed by atoms with E-state index in [9.17, 15) is 9.59 Å². The lowest BCUT2D eigenvalue weighted by Gasteiger charge is -2.10. The van der Waals surface area contributed by atoms with Crippen molar-refractivity contribution in [3.63, 3.8) is 0 Å². The first-order valence-corrected chi connectivity index (χ1v) is 7.67. The van der Waals surface area contributed by atoms with Crippen LogP contribution >= 0.6 is 0 Å². The van der Waals surface area contributed by atoms with Crippen LogP contribution in [-0.4, -0.2) is 34.1 Å². The Bertz CT molecular complexity index is 747. The molecule has 1 unspecified atom stereocenters.